The number of hydrogen-bond acceptors (Lipinski definition) is 5. The third kappa shape index (κ3) is 8.04. The summed E-state index contributed by atoms with van der Waals surface area (Å²) in [6.07, 6.45) is 1.37. The molecule has 25 heavy (non-hydrogen) atoms. The third-order valence-electron chi connectivity index (χ3n) is 3.38. The number of sulfonamides is 1. The Morgan fingerprint density at radius 2 is 1.88 bits per heavy atom. The molecule has 0 saturated carbocycles. The summed E-state index contributed by atoms with van der Waals surface area (Å²) >= 11 is 0. The minimum atomic E-state index is -3.60. The lowest BCUT2D eigenvalue weighted by Gasteiger charge is -2.13. The van der Waals surface area contributed by atoms with Gasteiger partial charge in [-0.2, -0.15) is 0 Å². The van der Waals surface area contributed by atoms with Crippen LogP contribution < -0.4 is 20.1 Å². The second kappa shape index (κ2) is 12.1. The monoisotopic (exact) mass is 393 g/mol. The van der Waals surface area contributed by atoms with Gasteiger partial charge in [-0.1, -0.05) is 13.8 Å². The van der Waals surface area contributed by atoms with Crippen LogP contribution in [0.25, 0.3) is 0 Å². The first-order valence-corrected chi connectivity index (χ1v) is 9.56. The highest BCUT2D eigenvalue weighted by Crippen LogP contribution is 2.22. The van der Waals surface area contributed by atoms with E-state index in [0.29, 0.717) is 30.8 Å². The van der Waals surface area contributed by atoms with E-state index in [9.17, 15) is 13.2 Å². The van der Waals surface area contributed by atoms with Crippen molar-refractivity contribution in [1.82, 2.24) is 15.4 Å². The van der Waals surface area contributed by atoms with Gasteiger partial charge in [0.15, 0.2) is 0 Å². The molecule has 1 amide bonds. The number of carbonyl (C=O) groups excluding carboxylic acids is 1. The van der Waals surface area contributed by atoms with E-state index in [1.165, 1.54) is 19.2 Å². The summed E-state index contributed by atoms with van der Waals surface area (Å²) < 4.78 is 32.5. The van der Waals surface area contributed by atoms with Gasteiger partial charge in [-0.05, 0) is 31.2 Å². The lowest BCUT2D eigenvalue weighted by molar-refractivity contribution is -0.120. The fourth-order valence-electron chi connectivity index (χ4n) is 2.04. The Bertz CT molecular complexity index is 638. The van der Waals surface area contributed by atoms with Crippen LogP contribution in [0, 0.1) is 0 Å². The first kappa shape index (κ1) is 23.6. The molecule has 144 valence electrons. The molecule has 0 unspecified atom stereocenters. The van der Waals surface area contributed by atoms with Crippen molar-refractivity contribution in [2.24, 2.45) is 0 Å². The minimum absolute atomic E-state index is 0. The maximum absolute atomic E-state index is 12.3. The molecule has 3 N–H and O–H groups in total. The van der Waals surface area contributed by atoms with Gasteiger partial charge in [-0.25, -0.2) is 13.1 Å². The van der Waals surface area contributed by atoms with Gasteiger partial charge < -0.3 is 15.4 Å². The number of methoxy groups -OCH3 is 1. The molecule has 0 heterocycles. The van der Waals surface area contributed by atoms with Gasteiger partial charge in [0.1, 0.15) is 5.75 Å². The first-order chi connectivity index (χ1) is 11.4. The van der Waals surface area contributed by atoms with Crippen molar-refractivity contribution >= 4 is 28.3 Å². The molecule has 0 spiro atoms. The number of ether oxygens (including phenoxy) is 1. The molecule has 1 aromatic rings. The lowest BCUT2D eigenvalue weighted by atomic mass is 10.2. The largest absolute Gasteiger partial charge is 0.496 e. The van der Waals surface area contributed by atoms with E-state index in [1.807, 2.05) is 6.92 Å². The minimum Gasteiger partial charge on any atom is -0.496 e. The maximum atomic E-state index is 12.3. The summed E-state index contributed by atoms with van der Waals surface area (Å²) in [6.45, 7) is 5.76. The average molecular weight is 394 g/mol. The smallest absolute Gasteiger partial charge is 0.240 e. The lowest BCUT2D eigenvalue weighted by Crippen LogP contribution is -2.32. The fraction of sp³-hybridized carbons (Fsp3) is 0.562. The number of rotatable bonds is 11. The zero-order chi connectivity index (χ0) is 18.0. The molecule has 0 radical (unpaired) electrons. The van der Waals surface area contributed by atoms with Gasteiger partial charge >= 0.3 is 0 Å². The average Bonchev–Trinajstić information content (AvgIpc) is 2.59. The van der Waals surface area contributed by atoms with E-state index in [4.69, 9.17) is 4.74 Å². The van der Waals surface area contributed by atoms with Crippen molar-refractivity contribution in [1.29, 1.82) is 0 Å². The Hall–Kier alpha value is -1.35. The van der Waals surface area contributed by atoms with Crippen LogP contribution in [-0.2, 0) is 21.4 Å². The summed E-state index contributed by atoms with van der Waals surface area (Å²) in [5, 5.41) is 5.86. The van der Waals surface area contributed by atoms with Gasteiger partial charge in [-0.15, -0.1) is 12.4 Å². The zero-order valence-electron chi connectivity index (χ0n) is 14.9. The Labute approximate surface area is 156 Å². The molecule has 0 fully saturated rings. The number of hydrogen-bond donors (Lipinski definition) is 3. The molecule has 9 heteroatoms. The highest BCUT2D eigenvalue weighted by atomic mass is 35.5. The van der Waals surface area contributed by atoms with E-state index < -0.39 is 10.0 Å². The van der Waals surface area contributed by atoms with Crippen LogP contribution in [0.5, 0.6) is 5.75 Å². The van der Waals surface area contributed by atoms with Crippen molar-refractivity contribution < 1.29 is 17.9 Å². The van der Waals surface area contributed by atoms with Crippen LogP contribution in [0.4, 0.5) is 0 Å². The van der Waals surface area contributed by atoms with Gasteiger partial charge in [0.2, 0.25) is 15.9 Å². The molecular formula is C16H28ClN3O4S. The molecule has 0 aromatic heterocycles. The second-order valence-electron chi connectivity index (χ2n) is 5.25. The Morgan fingerprint density at radius 3 is 2.48 bits per heavy atom. The molecule has 1 aromatic carbocycles. The van der Waals surface area contributed by atoms with Crippen molar-refractivity contribution in [3.8, 4) is 5.75 Å². The number of halogens is 1. The second-order valence-corrected chi connectivity index (χ2v) is 7.02. The molecule has 0 saturated heterocycles. The molecule has 1 rings (SSSR count). The predicted octanol–water partition coefficient (Wildman–Crippen LogP) is 1.42. The topological polar surface area (TPSA) is 96.5 Å². The maximum Gasteiger partial charge on any atom is 0.240 e. The van der Waals surface area contributed by atoms with Crippen LogP contribution in [0.1, 0.15) is 32.3 Å². The van der Waals surface area contributed by atoms with E-state index in [-0.39, 0.29) is 29.8 Å². The summed E-state index contributed by atoms with van der Waals surface area (Å²) in [5.74, 6) is 0.431. The first-order valence-electron chi connectivity index (χ1n) is 8.08. The molecule has 0 aliphatic heterocycles. The van der Waals surface area contributed by atoms with Crippen molar-refractivity contribution in [3.63, 3.8) is 0 Å². The summed E-state index contributed by atoms with van der Waals surface area (Å²) in [7, 11) is -2.09. The van der Waals surface area contributed by atoms with E-state index in [0.717, 1.165) is 13.0 Å². The summed E-state index contributed by atoms with van der Waals surface area (Å²) in [6, 6.07) is 4.61. The molecule has 0 bridgehead atoms. The van der Waals surface area contributed by atoms with E-state index in [2.05, 4.69) is 15.4 Å². The fourth-order valence-corrected chi connectivity index (χ4v) is 3.12. The zero-order valence-corrected chi connectivity index (χ0v) is 16.6. The van der Waals surface area contributed by atoms with Crippen LogP contribution in [0.15, 0.2) is 23.1 Å². The molecular weight excluding hydrogens is 366 g/mol. The molecule has 7 nitrogen and oxygen atoms in total. The summed E-state index contributed by atoms with van der Waals surface area (Å²) in [5.41, 5.74) is 0.617. The van der Waals surface area contributed by atoms with Crippen molar-refractivity contribution in [2.75, 3.05) is 26.7 Å². The van der Waals surface area contributed by atoms with Crippen LogP contribution >= 0.6 is 12.4 Å². The van der Waals surface area contributed by atoms with Crippen LogP contribution in [-0.4, -0.2) is 41.1 Å². The number of carbonyl (C=O) groups is 1. The number of amides is 1. The highest BCUT2D eigenvalue weighted by molar-refractivity contribution is 7.89. The summed E-state index contributed by atoms with van der Waals surface area (Å²) in [4.78, 5) is 11.6. The van der Waals surface area contributed by atoms with Gasteiger partial charge in [0.05, 0.1) is 12.0 Å². The Kier molecular flexibility index (Phi) is 11.4. The third-order valence-corrected chi connectivity index (χ3v) is 4.84. The van der Waals surface area contributed by atoms with Crippen molar-refractivity contribution in [2.45, 2.75) is 38.1 Å². The van der Waals surface area contributed by atoms with Gasteiger partial charge in [0.25, 0.3) is 0 Å². The molecule has 0 aliphatic rings. The Morgan fingerprint density at radius 1 is 1.16 bits per heavy atom. The quantitative estimate of drug-likeness (QED) is 0.494. The number of benzene rings is 1. The highest BCUT2D eigenvalue weighted by Gasteiger charge is 2.16. The molecule has 0 aliphatic carbocycles. The van der Waals surface area contributed by atoms with Crippen LogP contribution in [0.3, 0.4) is 0 Å². The predicted molar refractivity (Wildman–Crippen MR) is 101 cm³/mol. The molecule has 0 atom stereocenters. The number of nitrogens with one attached hydrogen (secondary N) is 3. The Balaban J connectivity index is 0.00000576. The van der Waals surface area contributed by atoms with Crippen LogP contribution in [0.2, 0.25) is 0 Å². The SMILES string of the molecule is CCCNCCNS(=O)(=O)c1ccc(OC)c(CNC(=O)CC)c1.Cl. The standard InChI is InChI=1S/C16H27N3O4S.ClH/c1-4-8-17-9-10-19-24(21,22)14-6-7-15(23-3)13(11-14)12-18-16(20)5-2;/h6-7,11,17,19H,4-5,8-10,12H2,1-3H3,(H,18,20);1H. The van der Waals surface area contributed by atoms with Gasteiger partial charge in [0, 0.05) is 31.6 Å². The normalized spacial score (nSPS) is 10.8. The van der Waals surface area contributed by atoms with E-state index in [1.54, 1.807) is 13.0 Å². The van der Waals surface area contributed by atoms with Crippen molar-refractivity contribution in [3.05, 3.63) is 23.8 Å². The van der Waals surface area contributed by atoms with Gasteiger partial charge in [-0.3, -0.25) is 4.79 Å². The van der Waals surface area contributed by atoms with E-state index >= 15 is 0 Å².